The minimum Gasteiger partial charge on any atom is -0.388 e. The molecule has 3 atom stereocenters. The number of anilines is 2. The standard InChI is InChI=1S/C20H26N2/c1-5-18-14(2)20(15-10-12-16(21-3)13-11-15)17-8-6-7-9-19(17)22(18)4/h6-14,18,20-21H,5H2,1-4H3/t14-,18-,20+/m0/s1. The third-order valence-corrected chi connectivity index (χ3v) is 5.26. The van der Waals surface area contributed by atoms with Crippen LogP contribution >= 0.6 is 0 Å². The van der Waals surface area contributed by atoms with Gasteiger partial charge in [0, 0.05) is 37.4 Å². The largest absolute Gasteiger partial charge is 0.388 e. The molecule has 0 spiro atoms. The Morgan fingerprint density at radius 2 is 1.73 bits per heavy atom. The van der Waals surface area contributed by atoms with Crippen molar-refractivity contribution in [2.75, 3.05) is 24.3 Å². The Hall–Kier alpha value is -1.96. The summed E-state index contributed by atoms with van der Waals surface area (Å²) in [5, 5.41) is 3.21. The van der Waals surface area contributed by atoms with Crippen molar-refractivity contribution in [3.63, 3.8) is 0 Å². The van der Waals surface area contributed by atoms with E-state index >= 15 is 0 Å². The van der Waals surface area contributed by atoms with Crippen LogP contribution in [0.2, 0.25) is 0 Å². The fraction of sp³-hybridized carbons (Fsp3) is 0.400. The highest BCUT2D eigenvalue weighted by molar-refractivity contribution is 5.61. The maximum atomic E-state index is 3.21. The summed E-state index contributed by atoms with van der Waals surface area (Å²) in [6, 6.07) is 18.4. The fourth-order valence-electron chi connectivity index (χ4n) is 4.09. The van der Waals surface area contributed by atoms with Gasteiger partial charge in [0.05, 0.1) is 0 Å². The molecule has 0 bridgehead atoms. The molecular weight excluding hydrogens is 268 g/mol. The lowest BCUT2D eigenvalue weighted by Crippen LogP contribution is -2.43. The molecule has 0 aliphatic carbocycles. The van der Waals surface area contributed by atoms with Gasteiger partial charge in [-0.3, -0.25) is 0 Å². The lowest BCUT2D eigenvalue weighted by Gasteiger charge is -2.45. The minimum atomic E-state index is 0.475. The monoisotopic (exact) mass is 294 g/mol. The molecule has 0 saturated carbocycles. The molecule has 2 nitrogen and oxygen atoms in total. The van der Waals surface area contributed by atoms with E-state index < -0.39 is 0 Å². The van der Waals surface area contributed by atoms with Crippen LogP contribution in [-0.2, 0) is 0 Å². The Balaban J connectivity index is 2.09. The van der Waals surface area contributed by atoms with Gasteiger partial charge < -0.3 is 10.2 Å². The molecule has 2 heteroatoms. The summed E-state index contributed by atoms with van der Waals surface area (Å²) < 4.78 is 0. The lowest BCUT2D eigenvalue weighted by molar-refractivity contribution is 0.371. The van der Waals surface area contributed by atoms with Gasteiger partial charge in [-0.1, -0.05) is 44.2 Å². The first-order valence-corrected chi connectivity index (χ1v) is 8.26. The Bertz CT molecular complexity index is 632. The third kappa shape index (κ3) is 2.37. The molecule has 0 unspecified atom stereocenters. The Kier molecular flexibility index (Phi) is 4.10. The van der Waals surface area contributed by atoms with Crippen molar-refractivity contribution >= 4 is 11.4 Å². The summed E-state index contributed by atoms with van der Waals surface area (Å²) in [7, 11) is 4.21. The van der Waals surface area contributed by atoms with E-state index in [9.17, 15) is 0 Å². The molecule has 1 N–H and O–H groups in total. The van der Waals surface area contributed by atoms with Crippen LogP contribution in [0.15, 0.2) is 48.5 Å². The van der Waals surface area contributed by atoms with E-state index in [4.69, 9.17) is 0 Å². The summed E-state index contributed by atoms with van der Waals surface area (Å²) >= 11 is 0. The summed E-state index contributed by atoms with van der Waals surface area (Å²) in [5.74, 6) is 1.08. The molecule has 1 heterocycles. The van der Waals surface area contributed by atoms with Crippen LogP contribution in [0.5, 0.6) is 0 Å². The van der Waals surface area contributed by atoms with Crippen molar-refractivity contribution in [1.82, 2.24) is 0 Å². The van der Waals surface area contributed by atoms with Crippen LogP contribution in [0.25, 0.3) is 0 Å². The quantitative estimate of drug-likeness (QED) is 0.880. The highest BCUT2D eigenvalue weighted by Crippen LogP contribution is 2.45. The average molecular weight is 294 g/mol. The van der Waals surface area contributed by atoms with Gasteiger partial charge in [0.25, 0.3) is 0 Å². The summed E-state index contributed by atoms with van der Waals surface area (Å²) in [5.41, 5.74) is 5.43. The number of hydrogen-bond donors (Lipinski definition) is 1. The lowest BCUT2D eigenvalue weighted by atomic mass is 9.73. The molecule has 2 aromatic rings. The third-order valence-electron chi connectivity index (χ3n) is 5.26. The second-order valence-corrected chi connectivity index (χ2v) is 6.35. The maximum Gasteiger partial charge on any atom is 0.0405 e. The molecule has 2 aromatic carbocycles. The molecule has 0 aromatic heterocycles. The van der Waals surface area contributed by atoms with E-state index in [2.05, 4.69) is 79.6 Å². The van der Waals surface area contributed by atoms with Gasteiger partial charge in [-0.2, -0.15) is 0 Å². The van der Waals surface area contributed by atoms with Crippen LogP contribution in [0.3, 0.4) is 0 Å². The van der Waals surface area contributed by atoms with Crippen molar-refractivity contribution in [2.45, 2.75) is 32.2 Å². The smallest absolute Gasteiger partial charge is 0.0405 e. The van der Waals surface area contributed by atoms with Gasteiger partial charge in [-0.25, -0.2) is 0 Å². The number of rotatable bonds is 3. The van der Waals surface area contributed by atoms with Gasteiger partial charge >= 0.3 is 0 Å². The molecule has 0 amide bonds. The number of benzene rings is 2. The molecule has 1 aliphatic rings. The van der Waals surface area contributed by atoms with E-state index in [1.54, 1.807) is 0 Å². The SMILES string of the molecule is CC[C@H]1[C@H](C)[C@H](c2ccc(NC)cc2)c2ccccc2N1C. The first-order valence-electron chi connectivity index (χ1n) is 8.26. The van der Waals surface area contributed by atoms with Gasteiger partial charge in [-0.15, -0.1) is 0 Å². The topological polar surface area (TPSA) is 15.3 Å². The molecule has 1 aliphatic heterocycles. The molecule has 0 fully saturated rings. The number of para-hydroxylation sites is 1. The van der Waals surface area contributed by atoms with E-state index in [0.717, 1.165) is 0 Å². The van der Waals surface area contributed by atoms with Gasteiger partial charge in [0.15, 0.2) is 0 Å². The first-order chi connectivity index (χ1) is 10.7. The van der Waals surface area contributed by atoms with Crippen molar-refractivity contribution in [2.24, 2.45) is 5.92 Å². The average Bonchev–Trinajstić information content (AvgIpc) is 2.56. The number of fused-ring (bicyclic) bond motifs is 1. The molecular formula is C20H26N2. The first kappa shape index (κ1) is 15.0. The van der Waals surface area contributed by atoms with E-state index in [0.29, 0.717) is 17.9 Å². The molecule has 0 saturated heterocycles. The van der Waals surface area contributed by atoms with Crippen LogP contribution in [-0.4, -0.2) is 20.1 Å². The van der Waals surface area contributed by atoms with Crippen molar-refractivity contribution in [1.29, 1.82) is 0 Å². The zero-order valence-corrected chi connectivity index (χ0v) is 14.0. The van der Waals surface area contributed by atoms with Crippen molar-refractivity contribution in [3.8, 4) is 0 Å². The van der Waals surface area contributed by atoms with E-state index in [-0.39, 0.29) is 0 Å². The zero-order valence-electron chi connectivity index (χ0n) is 14.0. The summed E-state index contributed by atoms with van der Waals surface area (Å²) in [6.45, 7) is 4.70. The maximum absolute atomic E-state index is 3.21. The van der Waals surface area contributed by atoms with E-state index in [1.165, 1.54) is 28.9 Å². The van der Waals surface area contributed by atoms with Gasteiger partial charge in [0.2, 0.25) is 0 Å². The van der Waals surface area contributed by atoms with Gasteiger partial charge in [0.1, 0.15) is 0 Å². The second-order valence-electron chi connectivity index (χ2n) is 6.35. The Labute approximate surface area is 134 Å². The van der Waals surface area contributed by atoms with Crippen LogP contribution in [0.4, 0.5) is 11.4 Å². The predicted octanol–water partition coefficient (Wildman–Crippen LogP) is 4.72. The normalized spacial score (nSPS) is 24.0. The number of nitrogens with one attached hydrogen (secondary N) is 1. The van der Waals surface area contributed by atoms with E-state index in [1.807, 2.05) is 7.05 Å². The number of nitrogens with zero attached hydrogens (tertiary/aromatic N) is 1. The molecule has 22 heavy (non-hydrogen) atoms. The number of hydrogen-bond acceptors (Lipinski definition) is 2. The van der Waals surface area contributed by atoms with Crippen LogP contribution in [0.1, 0.15) is 37.3 Å². The molecule has 0 radical (unpaired) electrons. The van der Waals surface area contributed by atoms with Crippen molar-refractivity contribution < 1.29 is 0 Å². The van der Waals surface area contributed by atoms with Crippen molar-refractivity contribution in [3.05, 3.63) is 59.7 Å². The minimum absolute atomic E-state index is 0.475. The molecule has 3 rings (SSSR count). The summed E-state index contributed by atoms with van der Waals surface area (Å²) in [4.78, 5) is 2.47. The zero-order chi connectivity index (χ0) is 15.7. The molecule has 116 valence electrons. The Morgan fingerprint density at radius 1 is 1.05 bits per heavy atom. The van der Waals surface area contributed by atoms with Gasteiger partial charge in [-0.05, 0) is 41.7 Å². The summed E-state index contributed by atoms with van der Waals surface area (Å²) in [6.07, 6.45) is 1.18. The predicted molar refractivity (Wildman–Crippen MR) is 95.9 cm³/mol. The second kappa shape index (κ2) is 6.04. The van der Waals surface area contributed by atoms with Crippen LogP contribution in [0, 0.1) is 5.92 Å². The Morgan fingerprint density at radius 3 is 2.36 bits per heavy atom. The highest BCUT2D eigenvalue weighted by atomic mass is 15.1. The van der Waals surface area contributed by atoms with Crippen LogP contribution < -0.4 is 10.2 Å². The fourth-order valence-corrected chi connectivity index (χ4v) is 4.09. The highest BCUT2D eigenvalue weighted by Gasteiger charge is 2.36.